The molecule has 16 heavy (non-hydrogen) atoms. The smallest absolute Gasteiger partial charge is 0.227 e. The van der Waals surface area contributed by atoms with Gasteiger partial charge in [0.1, 0.15) is 0 Å². The molecule has 1 saturated carbocycles. The van der Waals surface area contributed by atoms with Crippen molar-refractivity contribution in [1.29, 1.82) is 0 Å². The number of amides is 1. The van der Waals surface area contributed by atoms with Gasteiger partial charge in [0.05, 0.1) is 5.41 Å². The van der Waals surface area contributed by atoms with Crippen LogP contribution in [0.2, 0.25) is 0 Å². The Balaban J connectivity index is 1.90. The van der Waals surface area contributed by atoms with Crippen molar-refractivity contribution < 1.29 is 4.79 Å². The van der Waals surface area contributed by atoms with Gasteiger partial charge in [0, 0.05) is 19.1 Å². The molecule has 1 saturated heterocycles. The molecule has 0 spiro atoms. The maximum atomic E-state index is 12.2. The van der Waals surface area contributed by atoms with Crippen LogP contribution in [0.1, 0.15) is 38.5 Å². The number of rotatable bonds is 3. The summed E-state index contributed by atoms with van der Waals surface area (Å²) in [5.74, 6) is 0.196. The lowest BCUT2D eigenvalue weighted by Crippen LogP contribution is -2.52. The van der Waals surface area contributed by atoms with E-state index >= 15 is 0 Å². The molecule has 1 aliphatic carbocycles. The number of hydrogen-bond donors (Lipinski definition) is 3. The Morgan fingerprint density at radius 2 is 2.12 bits per heavy atom. The third-order valence-electron chi connectivity index (χ3n) is 4.07. The van der Waals surface area contributed by atoms with Gasteiger partial charge in [-0.1, -0.05) is 12.8 Å². The van der Waals surface area contributed by atoms with E-state index in [1.54, 1.807) is 0 Å². The van der Waals surface area contributed by atoms with E-state index in [0.29, 0.717) is 12.6 Å². The van der Waals surface area contributed by atoms with Crippen LogP contribution in [0.15, 0.2) is 0 Å². The first-order valence-electron chi connectivity index (χ1n) is 6.49. The topological polar surface area (TPSA) is 67.2 Å². The maximum Gasteiger partial charge on any atom is 0.227 e. The zero-order valence-electron chi connectivity index (χ0n) is 9.93. The van der Waals surface area contributed by atoms with Gasteiger partial charge in [-0.2, -0.15) is 0 Å². The van der Waals surface area contributed by atoms with E-state index in [1.165, 1.54) is 0 Å². The molecule has 4 heteroatoms. The summed E-state index contributed by atoms with van der Waals surface area (Å²) in [6.45, 7) is 2.49. The van der Waals surface area contributed by atoms with Gasteiger partial charge in [0.2, 0.25) is 5.91 Å². The van der Waals surface area contributed by atoms with Crippen molar-refractivity contribution in [2.45, 2.75) is 44.6 Å². The fourth-order valence-electron chi connectivity index (χ4n) is 2.89. The Hall–Kier alpha value is -0.610. The van der Waals surface area contributed by atoms with Gasteiger partial charge in [-0.05, 0) is 32.2 Å². The minimum Gasteiger partial charge on any atom is -0.352 e. The highest BCUT2D eigenvalue weighted by molar-refractivity contribution is 5.83. The lowest BCUT2D eigenvalue weighted by atomic mass is 9.85. The molecular weight excluding hydrogens is 202 g/mol. The van der Waals surface area contributed by atoms with Crippen molar-refractivity contribution in [1.82, 2.24) is 10.6 Å². The molecule has 92 valence electrons. The van der Waals surface area contributed by atoms with E-state index in [-0.39, 0.29) is 11.3 Å². The van der Waals surface area contributed by atoms with Gasteiger partial charge in [-0.15, -0.1) is 0 Å². The molecule has 0 unspecified atom stereocenters. The summed E-state index contributed by atoms with van der Waals surface area (Å²) in [5.41, 5.74) is 5.55. The molecule has 1 atom stereocenters. The molecule has 0 aromatic carbocycles. The second-order valence-corrected chi connectivity index (χ2v) is 5.21. The fourth-order valence-corrected chi connectivity index (χ4v) is 2.89. The molecule has 2 rings (SSSR count). The minimum absolute atomic E-state index is 0.196. The van der Waals surface area contributed by atoms with Crippen molar-refractivity contribution in [3.8, 4) is 0 Å². The summed E-state index contributed by atoms with van der Waals surface area (Å²) in [6, 6.07) is 0.310. The molecule has 2 aliphatic rings. The van der Waals surface area contributed by atoms with Crippen LogP contribution in [0, 0.1) is 5.41 Å². The first-order chi connectivity index (χ1) is 7.77. The molecule has 2 fully saturated rings. The Labute approximate surface area is 97.3 Å². The van der Waals surface area contributed by atoms with Gasteiger partial charge in [-0.3, -0.25) is 4.79 Å². The Kier molecular flexibility index (Phi) is 3.82. The summed E-state index contributed by atoms with van der Waals surface area (Å²) in [6.07, 6.45) is 6.48. The van der Waals surface area contributed by atoms with Gasteiger partial charge >= 0.3 is 0 Å². The maximum absolute atomic E-state index is 12.2. The zero-order valence-corrected chi connectivity index (χ0v) is 9.93. The van der Waals surface area contributed by atoms with E-state index in [0.717, 1.165) is 51.6 Å². The van der Waals surface area contributed by atoms with Crippen molar-refractivity contribution in [3.05, 3.63) is 0 Å². The predicted molar refractivity (Wildman–Crippen MR) is 64.0 cm³/mol. The van der Waals surface area contributed by atoms with Crippen molar-refractivity contribution in [2.24, 2.45) is 11.1 Å². The van der Waals surface area contributed by atoms with Crippen LogP contribution < -0.4 is 16.4 Å². The second kappa shape index (κ2) is 5.15. The zero-order chi connectivity index (χ0) is 11.4. The number of hydrogen-bond acceptors (Lipinski definition) is 3. The lowest BCUT2D eigenvalue weighted by molar-refractivity contribution is -0.131. The Bertz CT molecular complexity index is 243. The van der Waals surface area contributed by atoms with Crippen LogP contribution >= 0.6 is 0 Å². The summed E-state index contributed by atoms with van der Waals surface area (Å²) in [5, 5.41) is 6.49. The van der Waals surface area contributed by atoms with Crippen molar-refractivity contribution in [2.75, 3.05) is 19.6 Å². The van der Waals surface area contributed by atoms with Gasteiger partial charge in [0.25, 0.3) is 0 Å². The molecule has 4 nitrogen and oxygen atoms in total. The van der Waals surface area contributed by atoms with Crippen LogP contribution in [-0.4, -0.2) is 31.6 Å². The first-order valence-corrected chi connectivity index (χ1v) is 6.49. The number of carbonyl (C=O) groups is 1. The van der Waals surface area contributed by atoms with Crippen molar-refractivity contribution >= 4 is 5.91 Å². The largest absolute Gasteiger partial charge is 0.352 e. The highest BCUT2D eigenvalue weighted by atomic mass is 16.2. The van der Waals surface area contributed by atoms with Gasteiger partial charge in [-0.25, -0.2) is 0 Å². The summed E-state index contributed by atoms with van der Waals surface area (Å²) in [4.78, 5) is 12.2. The monoisotopic (exact) mass is 225 g/mol. The molecule has 1 amide bonds. The van der Waals surface area contributed by atoms with Gasteiger partial charge < -0.3 is 16.4 Å². The minimum atomic E-state index is -0.253. The number of nitrogens with two attached hydrogens (primary N) is 1. The molecule has 1 heterocycles. The van der Waals surface area contributed by atoms with Crippen molar-refractivity contribution in [3.63, 3.8) is 0 Å². The molecule has 1 aliphatic heterocycles. The Morgan fingerprint density at radius 1 is 1.38 bits per heavy atom. The third kappa shape index (κ3) is 2.38. The summed E-state index contributed by atoms with van der Waals surface area (Å²) >= 11 is 0. The fraction of sp³-hybridized carbons (Fsp3) is 0.917. The Morgan fingerprint density at radius 3 is 2.69 bits per heavy atom. The van der Waals surface area contributed by atoms with Gasteiger partial charge in [0.15, 0.2) is 0 Å². The number of piperidine rings is 1. The molecule has 0 aromatic rings. The molecule has 0 radical (unpaired) electrons. The lowest BCUT2D eigenvalue weighted by Gasteiger charge is -2.31. The van der Waals surface area contributed by atoms with E-state index in [2.05, 4.69) is 10.6 Å². The van der Waals surface area contributed by atoms with Crippen LogP contribution in [0.25, 0.3) is 0 Å². The first kappa shape index (κ1) is 11.9. The van der Waals surface area contributed by atoms with E-state index in [9.17, 15) is 4.79 Å². The molecular formula is C12H23N3O. The summed E-state index contributed by atoms with van der Waals surface area (Å²) < 4.78 is 0. The average molecular weight is 225 g/mol. The highest BCUT2D eigenvalue weighted by Gasteiger charge is 2.40. The number of carbonyl (C=O) groups excluding carboxylic acids is 1. The van der Waals surface area contributed by atoms with E-state index in [4.69, 9.17) is 5.73 Å². The average Bonchev–Trinajstić information content (AvgIpc) is 2.80. The quantitative estimate of drug-likeness (QED) is 0.650. The third-order valence-corrected chi connectivity index (χ3v) is 4.07. The summed E-state index contributed by atoms with van der Waals surface area (Å²) in [7, 11) is 0. The van der Waals surface area contributed by atoms with E-state index < -0.39 is 0 Å². The SMILES string of the molecule is NCC1(C(=O)N[C@H]2CCCNC2)CCCC1. The predicted octanol–water partition coefficient (Wildman–Crippen LogP) is 0.374. The molecule has 0 aromatic heterocycles. The molecule has 4 N–H and O–H groups in total. The normalized spacial score (nSPS) is 28.9. The van der Waals surface area contributed by atoms with Crippen LogP contribution in [-0.2, 0) is 4.79 Å². The standard InChI is InChI=1S/C12H23N3O/c13-9-12(5-1-2-6-12)11(16)15-10-4-3-7-14-8-10/h10,14H,1-9,13H2,(H,15,16)/t10-/m0/s1. The van der Waals surface area contributed by atoms with E-state index in [1.807, 2.05) is 0 Å². The second-order valence-electron chi connectivity index (χ2n) is 5.21. The molecule has 0 bridgehead atoms. The van der Waals surface area contributed by atoms with Crippen LogP contribution in [0.3, 0.4) is 0 Å². The van der Waals surface area contributed by atoms with Crippen LogP contribution in [0.4, 0.5) is 0 Å². The number of nitrogens with one attached hydrogen (secondary N) is 2. The van der Waals surface area contributed by atoms with Crippen LogP contribution in [0.5, 0.6) is 0 Å². The highest BCUT2D eigenvalue weighted by Crippen LogP contribution is 2.37.